The van der Waals surface area contributed by atoms with E-state index < -0.39 is 17.2 Å². The molecule has 1 aromatic carbocycles. The van der Waals surface area contributed by atoms with Gasteiger partial charge in [0.25, 0.3) is 0 Å². The molecular weight excluding hydrogens is 365 g/mol. The predicted octanol–water partition coefficient (Wildman–Crippen LogP) is 4.58. The average molecular weight is 385 g/mol. The lowest BCUT2D eigenvalue weighted by Gasteiger charge is -2.41. The molecule has 0 amide bonds. The van der Waals surface area contributed by atoms with Crippen LogP contribution in [0.25, 0.3) is 0 Å². The van der Waals surface area contributed by atoms with Crippen LogP contribution in [0.15, 0.2) is 42.6 Å². The molecule has 3 nitrogen and oxygen atoms in total. The number of benzene rings is 1. The Kier molecular flexibility index (Phi) is 5.44. The fourth-order valence-electron chi connectivity index (χ4n) is 3.51. The Morgan fingerprint density at radius 2 is 1.81 bits per heavy atom. The summed E-state index contributed by atoms with van der Waals surface area (Å²) >= 11 is 5.85. The zero-order valence-corrected chi connectivity index (χ0v) is 14.9. The number of aliphatic hydroxyl groups excluding tert-OH is 1. The van der Waals surface area contributed by atoms with Gasteiger partial charge in [-0.05, 0) is 43.0 Å². The SMILES string of the molecule is OCC1(Cc2ccccc2C(F)(F)F)CCN(c2ccc(Cl)cn2)CC1. The third kappa shape index (κ3) is 4.13. The van der Waals surface area contributed by atoms with Gasteiger partial charge in [0.1, 0.15) is 5.82 Å². The summed E-state index contributed by atoms with van der Waals surface area (Å²) in [6, 6.07) is 9.21. The molecule has 0 spiro atoms. The maximum absolute atomic E-state index is 13.3. The van der Waals surface area contributed by atoms with Gasteiger partial charge in [0.2, 0.25) is 0 Å². The molecule has 0 atom stereocenters. The van der Waals surface area contributed by atoms with Gasteiger partial charge in [-0.15, -0.1) is 0 Å². The van der Waals surface area contributed by atoms with Gasteiger partial charge in [-0.25, -0.2) is 4.98 Å². The maximum Gasteiger partial charge on any atom is 0.416 e. The van der Waals surface area contributed by atoms with Gasteiger partial charge in [-0.3, -0.25) is 0 Å². The van der Waals surface area contributed by atoms with E-state index in [9.17, 15) is 18.3 Å². The molecule has 26 heavy (non-hydrogen) atoms. The van der Waals surface area contributed by atoms with Crippen LogP contribution in [-0.2, 0) is 12.6 Å². The minimum Gasteiger partial charge on any atom is -0.396 e. The second-order valence-electron chi connectivity index (χ2n) is 6.81. The topological polar surface area (TPSA) is 36.4 Å². The summed E-state index contributed by atoms with van der Waals surface area (Å²) in [6.45, 7) is 1.12. The molecule has 3 rings (SSSR count). The highest BCUT2D eigenvalue weighted by molar-refractivity contribution is 6.30. The molecule has 2 aromatic rings. The van der Waals surface area contributed by atoms with Crippen molar-refractivity contribution in [2.24, 2.45) is 5.41 Å². The summed E-state index contributed by atoms with van der Waals surface area (Å²) in [7, 11) is 0. The number of nitrogens with zero attached hydrogens (tertiary/aromatic N) is 2. The first-order chi connectivity index (χ1) is 12.3. The van der Waals surface area contributed by atoms with Gasteiger partial charge < -0.3 is 10.0 Å². The van der Waals surface area contributed by atoms with E-state index in [0.717, 1.165) is 11.9 Å². The summed E-state index contributed by atoms with van der Waals surface area (Å²) in [5.74, 6) is 0.789. The second-order valence-corrected chi connectivity index (χ2v) is 7.25. The lowest BCUT2D eigenvalue weighted by Crippen LogP contribution is -2.43. The Hall–Kier alpha value is -1.79. The van der Waals surface area contributed by atoms with Crippen LogP contribution in [0.4, 0.5) is 19.0 Å². The van der Waals surface area contributed by atoms with Crippen molar-refractivity contribution in [3.63, 3.8) is 0 Å². The quantitative estimate of drug-likeness (QED) is 0.838. The Morgan fingerprint density at radius 1 is 1.12 bits per heavy atom. The number of anilines is 1. The van der Waals surface area contributed by atoms with Crippen LogP contribution in [0.2, 0.25) is 5.02 Å². The molecule has 2 heterocycles. The first kappa shape index (κ1) is 19.0. The van der Waals surface area contributed by atoms with Crippen LogP contribution in [0.1, 0.15) is 24.0 Å². The number of hydrogen-bond donors (Lipinski definition) is 1. The Labute approximate surface area is 155 Å². The van der Waals surface area contributed by atoms with Gasteiger partial charge in [0, 0.05) is 31.3 Å². The van der Waals surface area contributed by atoms with E-state index in [0.29, 0.717) is 31.0 Å². The van der Waals surface area contributed by atoms with E-state index in [-0.39, 0.29) is 18.6 Å². The van der Waals surface area contributed by atoms with Crippen LogP contribution < -0.4 is 4.90 Å². The van der Waals surface area contributed by atoms with Crippen molar-refractivity contribution in [2.75, 3.05) is 24.6 Å². The third-order valence-corrected chi connectivity index (χ3v) is 5.31. The fourth-order valence-corrected chi connectivity index (χ4v) is 3.62. The molecule has 1 saturated heterocycles. The van der Waals surface area contributed by atoms with Crippen LogP contribution >= 0.6 is 11.6 Å². The maximum atomic E-state index is 13.3. The number of rotatable bonds is 4. The monoisotopic (exact) mass is 384 g/mol. The lowest BCUT2D eigenvalue weighted by atomic mass is 9.73. The highest BCUT2D eigenvalue weighted by atomic mass is 35.5. The van der Waals surface area contributed by atoms with Crippen LogP contribution in [-0.4, -0.2) is 29.8 Å². The van der Waals surface area contributed by atoms with E-state index in [1.165, 1.54) is 12.1 Å². The van der Waals surface area contributed by atoms with Gasteiger partial charge in [-0.2, -0.15) is 13.2 Å². The van der Waals surface area contributed by atoms with Crippen LogP contribution in [0.3, 0.4) is 0 Å². The number of aromatic nitrogens is 1. The second kappa shape index (κ2) is 7.45. The lowest BCUT2D eigenvalue weighted by molar-refractivity contribution is -0.138. The number of piperidine rings is 1. The van der Waals surface area contributed by atoms with Crippen molar-refractivity contribution in [3.8, 4) is 0 Å². The molecule has 1 aromatic heterocycles. The molecule has 1 aliphatic rings. The van der Waals surface area contributed by atoms with E-state index in [2.05, 4.69) is 9.88 Å². The average Bonchev–Trinajstić information content (AvgIpc) is 2.63. The summed E-state index contributed by atoms with van der Waals surface area (Å²) in [5.41, 5.74) is -0.925. The zero-order chi connectivity index (χ0) is 18.8. The van der Waals surface area contributed by atoms with E-state index >= 15 is 0 Å². The normalized spacial score (nSPS) is 17.3. The smallest absolute Gasteiger partial charge is 0.396 e. The third-order valence-electron chi connectivity index (χ3n) is 5.08. The summed E-state index contributed by atoms with van der Waals surface area (Å²) in [6.07, 6.45) is -1.41. The van der Waals surface area contributed by atoms with Crippen LogP contribution in [0.5, 0.6) is 0 Å². The van der Waals surface area contributed by atoms with E-state index in [1.54, 1.807) is 18.3 Å². The van der Waals surface area contributed by atoms with Gasteiger partial charge in [-0.1, -0.05) is 29.8 Å². The Balaban J connectivity index is 1.75. The molecule has 0 unspecified atom stereocenters. The molecule has 7 heteroatoms. The molecule has 1 N–H and O–H groups in total. The largest absolute Gasteiger partial charge is 0.416 e. The van der Waals surface area contributed by atoms with Crippen molar-refractivity contribution in [1.29, 1.82) is 0 Å². The number of hydrogen-bond acceptors (Lipinski definition) is 3. The Bertz CT molecular complexity index is 741. The molecule has 0 radical (unpaired) electrons. The van der Waals surface area contributed by atoms with E-state index in [1.807, 2.05) is 6.07 Å². The minimum absolute atomic E-state index is 0.138. The fraction of sp³-hybridized carbons (Fsp3) is 0.421. The molecule has 0 saturated carbocycles. The molecular formula is C19H20ClF3N2O. The van der Waals surface area contributed by atoms with Crippen molar-refractivity contribution in [2.45, 2.75) is 25.4 Å². The number of alkyl halides is 3. The summed E-state index contributed by atoms with van der Waals surface area (Å²) < 4.78 is 39.8. The standard InChI is InChI=1S/C19H20ClF3N2O/c20-15-5-6-17(24-12-15)25-9-7-18(13-26,8-10-25)11-14-3-1-2-4-16(14)19(21,22)23/h1-6,12,26H,7-11,13H2. The van der Waals surface area contributed by atoms with Gasteiger partial charge >= 0.3 is 6.18 Å². The minimum atomic E-state index is -4.39. The van der Waals surface area contributed by atoms with Crippen molar-refractivity contribution >= 4 is 17.4 Å². The number of halogens is 4. The molecule has 1 aliphatic heterocycles. The van der Waals surface area contributed by atoms with E-state index in [4.69, 9.17) is 11.6 Å². The molecule has 0 aliphatic carbocycles. The van der Waals surface area contributed by atoms with Crippen molar-refractivity contribution < 1.29 is 18.3 Å². The summed E-state index contributed by atoms with van der Waals surface area (Å²) in [5, 5.41) is 10.5. The highest BCUT2D eigenvalue weighted by Crippen LogP contribution is 2.40. The number of pyridine rings is 1. The predicted molar refractivity (Wildman–Crippen MR) is 95.4 cm³/mol. The van der Waals surface area contributed by atoms with Crippen molar-refractivity contribution in [1.82, 2.24) is 4.98 Å². The van der Waals surface area contributed by atoms with Crippen LogP contribution in [0, 0.1) is 5.41 Å². The highest BCUT2D eigenvalue weighted by Gasteiger charge is 2.38. The van der Waals surface area contributed by atoms with Gasteiger partial charge in [0.05, 0.1) is 10.6 Å². The van der Waals surface area contributed by atoms with Gasteiger partial charge in [0.15, 0.2) is 0 Å². The summed E-state index contributed by atoms with van der Waals surface area (Å²) in [4.78, 5) is 6.36. The molecule has 1 fully saturated rings. The number of aliphatic hydroxyl groups is 1. The molecule has 140 valence electrons. The Morgan fingerprint density at radius 3 is 2.38 bits per heavy atom. The first-order valence-electron chi connectivity index (χ1n) is 8.45. The first-order valence-corrected chi connectivity index (χ1v) is 8.83. The molecule has 0 bridgehead atoms. The zero-order valence-electron chi connectivity index (χ0n) is 14.1. The van der Waals surface area contributed by atoms with Crippen molar-refractivity contribution in [3.05, 3.63) is 58.7 Å².